The van der Waals surface area contributed by atoms with Crippen molar-refractivity contribution in [2.24, 2.45) is 0 Å². The van der Waals surface area contributed by atoms with Gasteiger partial charge in [-0.15, -0.1) is 0 Å². The third-order valence-electron chi connectivity index (χ3n) is 2.06. The average Bonchev–Trinajstić information content (AvgIpc) is 1.87. The van der Waals surface area contributed by atoms with E-state index in [0.717, 1.165) is 12.1 Å². The molecule has 3 fully saturated rings. The molecule has 4 heteroatoms. The lowest BCUT2D eigenvalue weighted by atomic mass is 9.93. The van der Waals surface area contributed by atoms with Crippen molar-refractivity contribution in [2.75, 3.05) is 13.1 Å². The monoisotopic (exact) mass is 350 g/mol. The lowest BCUT2D eigenvalue weighted by Crippen LogP contribution is -2.62. The van der Waals surface area contributed by atoms with Gasteiger partial charge >= 0.3 is 0 Å². The Kier molecular flexibility index (Phi) is 1.92. The van der Waals surface area contributed by atoms with Crippen molar-refractivity contribution < 1.29 is 0 Å². The van der Waals surface area contributed by atoms with Crippen LogP contribution in [0.15, 0.2) is 0 Å². The highest BCUT2D eigenvalue weighted by atomic mass is 127. The molecule has 52 valence electrons. The maximum absolute atomic E-state index is 2.47. The first-order valence-corrected chi connectivity index (χ1v) is 5.05. The molecule has 0 spiro atoms. The van der Waals surface area contributed by atoms with Gasteiger partial charge in [0, 0.05) is 70.9 Å². The van der Waals surface area contributed by atoms with E-state index in [2.05, 4.69) is 52.0 Å². The number of hydrogen-bond acceptors (Lipinski definition) is 2. The summed E-state index contributed by atoms with van der Waals surface area (Å²) >= 11 is 4.86. The van der Waals surface area contributed by atoms with Gasteiger partial charge in [0.1, 0.15) is 0 Å². The first-order valence-electron chi connectivity index (χ1n) is 3.12. The number of halogens is 2. The summed E-state index contributed by atoms with van der Waals surface area (Å²) in [6.07, 6.45) is 1.43. The van der Waals surface area contributed by atoms with Crippen LogP contribution in [0.2, 0.25) is 0 Å². The number of hydrogen-bond donors (Lipinski definition) is 0. The van der Waals surface area contributed by atoms with Gasteiger partial charge in [0.25, 0.3) is 0 Å². The maximum Gasteiger partial charge on any atom is 0.0349 e. The number of piperidine rings is 1. The smallest absolute Gasteiger partial charge is 0.0349 e. The van der Waals surface area contributed by atoms with Crippen molar-refractivity contribution in [3.8, 4) is 0 Å². The molecule has 9 heavy (non-hydrogen) atoms. The minimum absolute atomic E-state index is 0.862. The first-order chi connectivity index (χ1) is 4.27. The average molecular weight is 350 g/mol. The molecule has 0 aromatic rings. The molecule has 0 aliphatic carbocycles. The van der Waals surface area contributed by atoms with Crippen LogP contribution in [-0.2, 0) is 0 Å². The molecular weight excluding hydrogens is 342 g/mol. The number of nitrogens with zero attached hydrogens (tertiary/aromatic N) is 2. The Bertz CT molecular complexity index is 118. The van der Waals surface area contributed by atoms with Gasteiger partial charge in [0.05, 0.1) is 0 Å². The van der Waals surface area contributed by atoms with Crippen LogP contribution in [0.1, 0.15) is 6.42 Å². The molecule has 0 saturated carbocycles. The summed E-state index contributed by atoms with van der Waals surface area (Å²) in [5, 5.41) is 0. The molecule has 3 aliphatic heterocycles. The lowest BCUT2D eigenvalue weighted by Gasteiger charge is -2.51. The normalized spacial score (nSPS) is 44.7. The second-order valence-electron chi connectivity index (χ2n) is 2.72. The standard InChI is InChI=1S/C5H8I2N2/c6-8-2-4-1-5(3-8)9(4)7/h4-5H,1-3H2. The maximum atomic E-state index is 2.47. The van der Waals surface area contributed by atoms with Crippen molar-refractivity contribution in [3.05, 3.63) is 0 Å². The molecule has 3 heterocycles. The highest BCUT2D eigenvalue weighted by Gasteiger charge is 2.42. The molecule has 2 nitrogen and oxygen atoms in total. The summed E-state index contributed by atoms with van der Waals surface area (Å²) in [5.41, 5.74) is 0. The van der Waals surface area contributed by atoms with Gasteiger partial charge < -0.3 is 0 Å². The van der Waals surface area contributed by atoms with Gasteiger partial charge in [-0.05, 0) is 6.42 Å². The first kappa shape index (κ1) is 7.05. The minimum atomic E-state index is 0.862. The summed E-state index contributed by atoms with van der Waals surface area (Å²) in [6.45, 7) is 2.53. The fourth-order valence-electron chi connectivity index (χ4n) is 1.51. The SMILES string of the molecule is IN1CC2CC(C1)N2I. The molecule has 0 aromatic heterocycles. The van der Waals surface area contributed by atoms with Crippen LogP contribution in [0, 0.1) is 0 Å². The molecule has 0 radical (unpaired) electrons. The van der Waals surface area contributed by atoms with Crippen molar-refractivity contribution in [3.63, 3.8) is 0 Å². The second-order valence-corrected chi connectivity index (χ2v) is 5.19. The summed E-state index contributed by atoms with van der Waals surface area (Å²) in [4.78, 5) is 0. The van der Waals surface area contributed by atoms with Gasteiger partial charge in [-0.3, -0.25) is 0 Å². The molecule has 3 saturated heterocycles. The topological polar surface area (TPSA) is 6.48 Å². The van der Waals surface area contributed by atoms with E-state index in [4.69, 9.17) is 0 Å². The van der Waals surface area contributed by atoms with Gasteiger partial charge in [-0.25, -0.2) is 6.23 Å². The van der Waals surface area contributed by atoms with Gasteiger partial charge in [0.15, 0.2) is 0 Å². The predicted octanol–water partition coefficient (Wildman–Crippen LogP) is 1.44. The molecule has 0 aromatic carbocycles. The summed E-state index contributed by atoms with van der Waals surface area (Å²) in [7, 11) is 0. The third kappa shape index (κ3) is 1.12. The van der Waals surface area contributed by atoms with Crippen LogP contribution in [0.3, 0.4) is 0 Å². The van der Waals surface area contributed by atoms with Crippen LogP contribution >= 0.6 is 45.7 Å². The lowest BCUT2D eigenvalue weighted by molar-refractivity contribution is 0.0700. The number of piperazine rings is 1. The van der Waals surface area contributed by atoms with Gasteiger partial charge in [-0.1, -0.05) is 0 Å². The molecule has 0 amide bonds. The molecule has 3 aliphatic rings. The van der Waals surface area contributed by atoms with E-state index < -0.39 is 0 Å². The largest absolute Gasteiger partial charge is 0.244 e. The van der Waals surface area contributed by atoms with E-state index in [9.17, 15) is 0 Å². The van der Waals surface area contributed by atoms with E-state index in [0.29, 0.717) is 0 Å². The Labute approximate surface area is 82.9 Å². The van der Waals surface area contributed by atoms with Crippen LogP contribution in [0.5, 0.6) is 0 Å². The Morgan fingerprint density at radius 3 is 2.00 bits per heavy atom. The Hall–Kier alpha value is 1.38. The molecular formula is C5H8I2N2. The van der Waals surface area contributed by atoms with Gasteiger partial charge in [0.2, 0.25) is 0 Å². The van der Waals surface area contributed by atoms with Crippen LogP contribution in [-0.4, -0.2) is 31.4 Å². The summed E-state index contributed by atoms with van der Waals surface area (Å²) < 4.78 is 4.86. The zero-order valence-corrected chi connectivity index (χ0v) is 9.24. The van der Waals surface area contributed by atoms with Crippen molar-refractivity contribution in [1.82, 2.24) is 6.23 Å². The van der Waals surface area contributed by atoms with Crippen molar-refractivity contribution in [2.45, 2.75) is 18.5 Å². The van der Waals surface area contributed by atoms with Crippen molar-refractivity contribution >= 4 is 45.7 Å². The van der Waals surface area contributed by atoms with E-state index in [1.54, 1.807) is 0 Å². The van der Waals surface area contributed by atoms with Crippen LogP contribution < -0.4 is 0 Å². The zero-order chi connectivity index (χ0) is 6.43. The Balaban J connectivity index is 2.01. The fraction of sp³-hybridized carbons (Fsp3) is 1.00. The molecule has 2 bridgehead atoms. The molecule has 3 rings (SSSR count). The highest BCUT2D eigenvalue weighted by Crippen LogP contribution is 2.36. The quantitative estimate of drug-likeness (QED) is 0.482. The number of rotatable bonds is 0. The highest BCUT2D eigenvalue weighted by molar-refractivity contribution is 14.1. The molecule has 2 atom stereocenters. The third-order valence-corrected chi connectivity index (χ3v) is 4.42. The van der Waals surface area contributed by atoms with E-state index in [-0.39, 0.29) is 0 Å². The Morgan fingerprint density at radius 1 is 1.11 bits per heavy atom. The summed E-state index contributed by atoms with van der Waals surface area (Å²) in [5.74, 6) is 0. The second kappa shape index (κ2) is 2.46. The summed E-state index contributed by atoms with van der Waals surface area (Å²) in [6, 6.07) is 1.72. The predicted molar refractivity (Wildman–Crippen MR) is 53.6 cm³/mol. The minimum Gasteiger partial charge on any atom is -0.244 e. The molecule has 0 N–H and O–H groups in total. The molecule has 2 unspecified atom stereocenters. The van der Waals surface area contributed by atoms with E-state index >= 15 is 0 Å². The van der Waals surface area contributed by atoms with E-state index in [1.807, 2.05) is 0 Å². The Morgan fingerprint density at radius 2 is 1.67 bits per heavy atom. The van der Waals surface area contributed by atoms with Crippen LogP contribution in [0.25, 0.3) is 0 Å². The zero-order valence-electron chi connectivity index (χ0n) is 4.93. The fourth-order valence-corrected chi connectivity index (χ4v) is 3.23. The number of fused-ring (bicyclic) bond motifs is 2. The van der Waals surface area contributed by atoms with Crippen molar-refractivity contribution in [1.29, 1.82) is 0 Å². The van der Waals surface area contributed by atoms with Gasteiger partial charge in [-0.2, -0.15) is 0 Å². The van der Waals surface area contributed by atoms with Crippen LogP contribution in [0.4, 0.5) is 0 Å². The van der Waals surface area contributed by atoms with E-state index in [1.165, 1.54) is 19.5 Å².